The van der Waals surface area contributed by atoms with Gasteiger partial charge in [0.05, 0.1) is 12.5 Å². The van der Waals surface area contributed by atoms with Crippen LogP contribution < -0.4 is 4.90 Å². The maximum atomic E-state index is 13.2. The van der Waals surface area contributed by atoms with Crippen LogP contribution in [0.4, 0.5) is 14.9 Å². The normalized spacial score (nSPS) is 26.1. The van der Waals surface area contributed by atoms with Crippen molar-refractivity contribution in [1.29, 1.82) is 0 Å². The van der Waals surface area contributed by atoms with Gasteiger partial charge in [-0.15, -0.1) is 0 Å². The summed E-state index contributed by atoms with van der Waals surface area (Å²) in [6.45, 7) is 7.17. The minimum Gasteiger partial charge on any atom is -0.453 e. The lowest BCUT2D eigenvalue weighted by Gasteiger charge is -2.41. The molecule has 2 amide bonds. The van der Waals surface area contributed by atoms with E-state index >= 15 is 0 Å². The molecular weight excluding hydrogens is 411 g/mol. The Labute approximate surface area is 190 Å². The third kappa shape index (κ3) is 4.42. The van der Waals surface area contributed by atoms with E-state index in [0.29, 0.717) is 32.0 Å². The molecule has 1 aromatic carbocycles. The molecule has 3 fully saturated rings. The van der Waals surface area contributed by atoms with E-state index in [1.165, 1.54) is 19.2 Å². The number of nitrogens with zero attached hydrogens (tertiary/aromatic N) is 4. The lowest BCUT2D eigenvalue weighted by Crippen LogP contribution is -2.52. The van der Waals surface area contributed by atoms with Gasteiger partial charge >= 0.3 is 6.09 Å². The van der Waals surface area contributed by atoms with Crippen molar-refractivity contribution in [3.05, 3.63) is 30.1 Å². The Morgan fingerprint density at radius 2 is 1.84 bits per heavy atom. The molecule has 0 saturated carbocycles. The number of hydrogen-bond acceptors (Lipinski definition) is 5. The van der Waals surface area contributed by atoms with Crippen LogP contribution in [0.1, 0.15) is 32.6 Å². The van der Waals surface area contributed by atoms with Gasteiger partial charge < -0.3 is 19.4 Å². The van der Waals surface area contributed by atoms with Crippen molar-refractivity contribution in [3.8, 4) is 0 Å². The molecule has 1 aromatic rings. The lowest BCUT2D eigenvalue weighted by molar-refractivity contribution is -0.137. The predicted molar refractivity (Wildman–Crippen MR) is 121 cm³/mol. The van der Waals surface area contributed by atoms with Gasteiger partial charge in [0.2, 0.25) is 5.91 Å². The molecule has 2 atom stereocenters. The van der Waals surface area contributed by atoms with Crippen LogP contribution in [0.25, 0.3) is 0 Å². The summed E-state index contributed by atoms with van der Waals surface area (Å²) in [6.07, 6.45) is 2.97. The molecule has 0 unspecified atom stereocenters. The smallest absolute Gasteiger partial charge is 0.409 e. The highest BCUT2D eigenvalue weighted by Crippen LogP contribution is 2.44. The van der Waals surface area contributed by atoms with E-state index in [1.807, 2.05) is 24.1 Å². The van der Waals surface area contributed by atoms with Crippen LogP contribution in [-0.2, 0) is 9.53 Å². The van der Waals surface area contributed by atoms with Crippen LogP contribution in [0, 0.1) is 11.2 Å². The van der Waals surface area contributed by atoms with E-state index in [1.54, 1.807) is 4.90 Å². The second-order valence-corrected chi connectivity index (χ2v) is 9.61. The van der Waals surface area contributed by atoms with Gasteiger partial charge in [0, 0.05) is 64.1 Å². The molecule has 4 rings (SSSR count). The summed E-state index contributed by atoms with van der Waals surface area (Å²) in [5.74, 6) is 0.0330. The number of ether oxygens (including phenoxy) is 1. The van der Waals surface area contributed by atoms with E-state index in [9.17, 15) is 14.0 Å². The van der Waals surface area contributed by atoms with Crippen molar-refractivity contribution in [3.63, 3.8) is 0 Å². The van der Waals surface area contributed by atoms with Gasteiger partial charge in [-0.3, -0.25) is 9.69 Å². The predicted octanol–water partition coefficient (Wildman–Crippen LogP) is 2.81. The standard InChI is InChI=1S/C24H35FN4O3/c1-18-17-29(20-6-4-19(25)5-7-20)15-14-27(18)11-8-21-16-24(22(30)26(21)2)9-12-28(13-10-24)23(31)32-3/h4-7,18,21H,8-17H2,1-3H3/t18-,21+/m1/s1. The molecule has 0 bridgehead atoms. The van der Waals surface area contributed by atoms with Crippen molar-refractivity contribution in [2.45, 2.75) is 44.7 Å². The van der Waals surface area contributed by atoms with E-state index in [2.05, 4.69) is 16.7 Å². The fraction of sp³-hybridized carbons (Fsp3) is 0.667. The van der Waals surface area contributed by atoms with Crippen molar-refractivity contribution >= 4 is 17.7 Å². The van der Waals surface area contributed by atoms with E-state index in [0.717, 1.165) is 44.7 Å². The first-order chi connectivity index (χ1) is 15.3. The summed E-state index contributed by atoms with van der Waals surface area (Å²) in [5.41, 5.74) is 0.746. The molecule has 176 valence electrons. The molecule has 3 heterocycles. The number of piperazine rings is 1. The Balaban J connectivity index is 1.29. The minimum absolute atomic E-state index is 0.204. The molecule has 8 heteroatoms. The first kappa shape index (κ1) is 22.8. The van der Waals surface area contributed by atoms with E-state index in [4.69, 9.17) is 4.74 Å². The average molecular weight is 447 g/mol. The topological polar surface area (TPSA) is 56.3 Å². The van der Waals surface area contributed by atoms with Crippen molar-refractivity contribution in [2.75, 3.05) is 58.3 Å². The van der Waals surface area contributed by atoms with E-state index in [-0.39, 0.29) is 29.3 Å². The maximum Gasteiger partial charge on any atom is 0.409 e. The van der Waals surface area contributed by atoms with Crippen LogP contribution in [-0.4, -0.2) is 92.2 Å². The highest BCUT2D eigenvalue weighted by molar-refractivity contribution is 5.85. The number of rotatable bonds is 4. The molecule has 3 saturated heterocycles. The number of carbonyl (C=O) groups is 2. The van der Waals surface area contributed by atoms with Crippen LogP contribution in [0.5, 0.6) is 0 Å². The van der Waals surface area contributed by atoms with Gasteiger partial charge in [-0.2, -0.15) is 0 Å². The number of amides is 2. The molecule has 0 aromatic heterocycles. The van der Waals surface area contributed by atoms with Gasteiger partial charge in [0.1, 0.15) is 5.82 Å². The average Bonchev–Trinajstić information content (AvgIpc) is 3.03. The number of piperidine rings is 1. The van der Waals surface area contributed by atoms with Gasteiger partial charge in [-0.1, -0.05) is 0 Å². The lowest BCUT2D eigenvalue weighted by atomic mass is 9.76. The zero-order valence-corrected chi connectivity index (χ0v) is 19.4. The Morgan fingerprint density at radius 3 is 2.47 bits per heavy atom. The van der Waals surface area contributed by atoms with Crippen molar-refractivity contribution in [1.82, 2.24) is 14.7 Å². The number of hydrogen-bond donors (Lipinski definition) is 0. The van der Waals surface area contributed by atoms with Gasteiger partial charge in [0.15, 0.2) is 0 Å². The Bertz CT molecular complexity index is 825. The van der Waals surface area contributed by atoms with Gasteiger partial charge in [0.25, 0.3) is 0 Å². The largest absolute Gasteiger partial charge is 0.453 e. The summed E-state index contributed by atoms with van der Waals surface area (Å²) in [5, 5.41) is 0. The minimum atomic E-state index is -0.323. The molecule has 7 nitrogen and oxygen atoms in total. The Kier molecular flexibility index (Phi) is 6.60. The van der Waals surface area contributed by atoms with Crippen LogP contribution in [0.2, 0.25) is 0 Å². The van der Waals surface area contributed by atoms with Gasteiger partial charge in [-0.05, 0) is 56.9 Å². The molecule has 0 aliphatic carbocycles. The third-order valence-corrected chi connectivity index (χ3v) is 7.81. The second kappa shape index (κ2) is 9.25. The molecule has 32 heavy (non-hydrogen) atoms. The molecule has 0 N–H and O–H groups in total. The fourth-order valence-corrected chi connectivity index (χ4v) is 5.70. The first-order valence-corrected chi connectivity index (χ1v) is 11.7. The fourth-order valence-electron chi connectivity index (χ4n) is 5.70. The summed E-state index contributed by atoms with van der Waals surface area (Å²) in [6, 6.07) is 7.38. The number of benzene rings is 1. The third-order valence-electron chi connectivity index (χ3n) is 7.81. The maximum absolute atomic E-state index is 13.2. The van der Waals surface area contributed by atoms with E-state index < -0.39 is 0 Å². The quantitative estimate of drug-likeness (QED) is 0.712. The number of anilines is 1. The summed E-state index contributed by atoms with van der Waals surface area (Å²) >= 11 is 0. The summed E-state index contributed by atoms with van der Waals surface area (Å²) in [7, 11) is 3.34. The summed E-state index contributed by atoms with van der Waals surface area (Å²) < 4.78 is 18.1. The van der Waals surface area contributed by atoms with Gasteiger partial charge in [-0.25, -0.2) is 9.18 Å². The molecular formula is C24H35FN4O3. The number of halogens is 1. The highest BCUT2D eigenvalue weighted by atomic mass is 19.1. The molecule has 0 radical (unpaired) electrons. The highest BCUT2D eigenvalue weighted by Gasteiger charge is 2.51. The van der Waals surface area contributed by atoms with Crippen LogP contribution in [0.15, 0.2) is 24.3 Å². The summed E-state index contributed by atoms with van der Waals surface area (Å²) in [4.78, 5) is 33.4. The monoisotopic (exact) mass is 446 g/mol. The second-order valence-electron chi connectivity index (χ2n) is 9.61. The van der Waals surface area contributed by atoms with Crippen molar-refractivity contribution < 1.29 is 18.7 Å². The Morgan fingerprint density at radius 1 is 1.16 bits per heavy atom. The number of likely N-dealkylation sites (tertiary alicyclic amines) is 2. The van der Waals surface area contributed by atoms with Crippen LogP contribution >= 0.6 is 0 Å². The SMILES string of the molecule is COC(=O)N1CCC2(CC1)C[C@H](CCN1CCN(c3ccc(F)cc3)C[C@H]1C)N(C)C2=O. The van der Waals surface area contributed by atoms with Crippen LogP contribution in [0.3, 0.4) is 0 Å². The Hall–Kier alpha value is -2.35. The number of methoxy groups -OCH3 is 1. The van der Waals surface area contributed by atoms with Crippen molar-refractivity contribution in [2.24, 2.45) is 5.41 Å². The number of carbonyl (C=O) groups excluding carboxylic acids is 2. The molecule has 3 aliphatic rings. The zero-order valence-electron chi connectivity index (χ0n) is 19.4. The first-order valence-electron chi connectivity index (χ1n) is 11.7. The zero-order chi connectivity index (χ0) is 22.9. The molecule has 3 aliphatic heterocycles. The molecule has 1 spiro atoms.